The molecule has 1 aromatic carbocycles. The number of nitrogens with zero attached hydrogens (tertiary/aromatic N) is 1. The zero-order chi connectivity index (χ0) is 15.0. The number of hydrogen-bond acceptors (Lipinski definition) is 3. The van der Waals surface area contributed by atoms with Crippen LogP contribution in [-0.2, 0) is 11.2 Å². The molecule has 112 valence electrons. The summed E-state index contributed by atoms with van der Waals surface area (Å²) in [5, 5.41) is 3.11. The Hall–Kier alpha value is -1.39. The van der Waals surface area contributed by atoms with E-state index < -0.39 is 0 Å². The molecule has 0 fully saturated rings. The van der Waals surface area contributed by atoms with Gasteiger partial charge in [0.2, 0.25) is 0 Å². The van der Waals surface area contributed by atoms with E-state index in [0.29, 0.717) is 13.2 Å². The zero-order valence-electron chi connectivity index (χ0n) is 13.0. The maximum Gasteiger partial charge on any atom is 0.253 e. The Morgan fingerprint density at radius 3 is 2.70 bits per heavy atom. The number of hydrogen-bond donors (Lipinski definition) is 1. The van der Waals surface area contributed by atoms with Crippen molar-refractivity contribution in [3.8, 4) is 0 Å². The Balaban J connectivity index is 2.65. The van der Waals surface area contributed by atoms with Gasteiger partial charge in [-0.25, -0.2) is 0 Å². The van der Waals surface area contributed by atoms with Crippen LogP contribution in [0.5, 0.6) is 0 Å². The van der Waals surface area contributed by atoms with Crippen molar-refractivity contribution < 1.29 is 9.53 Å². The molecule has 0 radical (unpaired) electrons. The van der Waals surface area contributed by atoms with E-state index in [9.17, 15) is 4.79 Å². The number of rotatable bonds is 8. The van der Waals surface area contributed by atoms with Crippen LogP contribution < -0.4 is 5.32 Å². The molecular weight excluding hydrogens is 252 g/mol. The number of benzene rings is 1. The summed E-state index contributed by atoms with van der Waals surface area (Å²) in [5.41, 5.74) is 1.87. The van der Waals surface area contributed by atoms with Crippen LogP contribution >= 0.6 is 0 Å². The van der Waals surface area contributed by atoms with Crippen molar-refractivity contribution in [2.45, 2.75) is 26.4 Å². The molecule has 4 nitrogen and oxygen atoms in total. The summed E-state index contributed by atoms with van der Waals surface area (Å²) in [6, 6.07) is 7.80. The molecule has 0 bridgehead atoms. The van der Waals surface area contributed by atoms with Crippen molar-refractivity contribution in [2.75, 3.05) is 33.8 Å². The van der Waals surface area contributed by atoms with E-state index in [1.54, 1.807) is 4.90 Å². The van der Waals surface area contributed by atoms with Crippen LogP contribution in [0.1, 0.15) is 29.8 Å². The number of nitrogens with one attached hydrogen (secondary N) is 1. The highest BCUT2D eigenvalue weighted by Gasteiger charge is 2.15. The molecule has 0 saturated carbocycles. The van der Waals surface area contributed by atoms with Crippen molar-refractivity contribution in [2.24, 2.45) is 0 Å². The lowest BCUT2D eigenvalue weighted by atomic mass is 10.0. The lowest BCUT2D eigenvalue weighted by Gasteiger charge is -2.19. The van der Waals surface area contributed by atoms with Crippen LogP contribution in [0, 0.1) is 0 Å². The molecule has 0 aliphatic rings. The summed E-state index contributed by atoms with van der Waals surface area (Å²) >= 11 is 0. The maximum absolute atomic E-state index is 12.5. The molecule has 0 atom stereocenters. The monoisotopic (exact) mass is 278 g/mol. The van der Waals surface area contributed by atoms with Gasteiger partial charge in [0.15, 0.2) is 0 Å². The summed E-state index contributed by atoms with van der Waals surface area (Å²) < 4.78 is 5.49. The fraction of sp³-hybridized carbons (Fsp3) is 0.562. The van der Waals surface area contributed by atoms with Gasteiger partial charge < -0.3 is 15.0 Å². The number of likely N-dealkylation sites (N-methyl/N-ethyl adjacent to an activating group) is 2. The summed E-state index contributed by atoms with van der Waals surface area (Å²) in [5.74, 6) is 0.0593. The third kappa shape index (κ3) is 5.31. The average molecular weight is 278 g/mol. The van der Waals surface area contributed by atoms with Gasteiger partial charge in [0.05, 0.1) is 12.7 Å². The Labute approximate surface area is 122 Å². The lowest BCUT2D eigenvalue weighted by molar-refractivity contribution is 0.0531. The van der Waals surface area contributed by atoms with Crippen LogP contribution in [0.3, 0.4) is 0 Å². The summed E-state index contributed by atoms with van der Waals surface area (Å²) in [6.07, 6.45) is 1.05. The average Bonchev–Trinajstić information content (AvgIpc) is 2.44. The second kappa shape index (κ2) is 8.72. The molecular formula is C16H26N2O2. The van der Waals surface area contributed by atoms with Crippen molar-refractivity contribution in [3.63, 3.8) is 0 Å². The predicted octanol–water partition coefficient (Wildman–Crippen LogP) is 1.95. The number of amides is 1. The molecule has 0 spiro atoms. The fourth-order valence-electron chi connectivity index (χ4n) is 1.94. The molecule has 1 amide bonds. The summed E-state index contributed by atoms with van der Waals surface area (Å²) in [6.45, 7) is 6.03. The van der Waals surface area contributed by atoms with Gasteiger partial charge in [-0.1, -0.05) is 18.2 Å². The van der Waals surface area contributed by atoms with Crippen LogP contribution in [0.2, 0.25) is 0 Å². The molecule has 1 N–H and O–H groups in total. The van der Waals surface area contributed by atoms with Gasteiger partial charge >= 0.3 is 0 Å². The van der Waals surface area contributed by atoms with Crippen molar-refractivity contribution in [1.29, 1.82) is 0 Å². The van der Waals surface area contributed by atoms with E-state index in [1.807, 2.05) is 52.2 Å². The molecule has 0 aromatic heterocycles. The molecule has 1 rings (SSSR count). The minimum atomic E-state index is 0.0593. The van der Waals surface area contributed by atoms with Gasteiger partial charge in [-0.3, -0.25) is 4.79 Å². The molecule has 4 heteroatoms. The van der Waals surface area contributed by atoms with E-state index in [4.69, 9.17) is 4.74 Å². The molecule has 0 heterocycles. The lowest BCUT2D eigenvalue weighted by Crippen LogP contribution is -2.31. The van der Waals surface area contributed by atoms with Gasteiger partial charge in [-0.2, -0.15) is 0 Å². The van der Waals surface area contributed by atoms with Gasteiger partial charge in [0.25, 0.3) is 5.91 Å². The van der Waals surface area contributed by atoms with E-state index in [-0.39, 0.29) is 12.0 Å². The Morgan fingerprint density at radius 2 is 2.05 bits per heavy atom. The number of ether oxygens (including phenoxy) is 1. The maximum atomic E-state index is 12.5. The van der Waals surface area contributed by atoms with E-state index in [2.05, 4.69) is 5.32 Å². The summed E-state index contributed by atoms with van der Waals surface area (Å²) in [4.78, 5) is 14.2. The minimum absolute atomic E-state index is 0.0593. The highest BCUT2D eigenvalue weighted by molar-refractivity contribution is 5.95. The van der Waals surface area contributed by atoms with Gasteiger partial charge in [-0.05, 0) is 45.5 Å². The predicted molar refractivity (Wildman–Crippen MR) is 82.1 cm³/mol. The van der Waals surface area contributed by atoms with Gasteiger partial charge in [0, 0.05) is 19.2 Å². The quantitative estimate of drug-likeness (QED) is 0.790. The molecule has 0 aliphatic heterocycles. The third-order valence-corrected chi connectivity index (χ3v) is 3.12. The molecule has 0 aliphatic carbocycles. The highest BCUT2D eigenvalue weighted by Crippen LogP contribution is 2.11. The normalized spacial score (nSPS) is 10.8. The largest absolute Gasteiger partial charge is 0.377 e. The Kier molecular flexibility index (Phi) is 7.26. The van der Waals surface area contributed by atoms with E-state index in [0.717, 1.165) is 24.1 Å². The molecule has 0 unspecified atom stereocenters. The first-order valence-corrected chi connectivity index (χ1v) is 7.15. The SMILES string of the molecule is CNCCc1ccccc1C(=O)N(C)CCOC(C)C. The number of carbonyl (C=O) groups is 1. The van der Waals surface area contributed by atoms with Gasteiger partial charge in [-0.15, -0.1) is 0 Å². The van der Waals surface area contributed by atoms with Crippen LogP contribution in [0.4, 0.5) is 0 Å². The highest BCUT2D eigenvalue weighted by atomic mass is 16.5. The smallest absolute Gasteiger partial charge is 0.253 e. The van der Waals surface area contributed by atoms with Crippen LogP contribution in [0.25, 0.3) is 0 Å². The van der Waals surface area contributed by atoms with Crippen LogP contribution in [0.15, 0.2) is 24.3 Å². The first-order valence-electron chi connectivity index (χ1n) is 7.15. The fourth-order valence-corrected chi connectivity index (χ4v) is 1.94. The molecule has 1 aromatic rings. The first-order chi connectivity index (χ1) is 9.56. The van der Waals surface area contributed by atoms with Crippen molar-refractivity contribution in [1.82, 2.24) is 10.2 Å². The van der Waals surface area contributed by atoms with Gasteiger partial charge in [0.1, 0.15) is 0 Å². The Morgan fingerprint density at radius 1 is 1.35 bits per heavy atom. The second-order valence-corrected chi connectivity index (χ2v) is 5.16. The third-order valence-electron chi connectivity index (χ3n) is 3.12. The van der Waals surface area contributed by atoms with Crippen LogP contribution in [-0.4, -0.2) is 50.7 Å². The standard InChI is InChI=1S/C16H26N2O2/c1-13(2)20-12-11-18(4)16(19)15-8-6-5-7-14(15)9-10-17-3/h5-8,13,17H,9-12H2,1-4H3. The van der Waals surface area contributed by atoms with E-state index >= 15 is 0 Å². The minimum Gasteiger partial charge on any atom is -0.377 e. The topological polar surface area (TPSA) is 41.6 Å². The van der Waals surface area contributed by atoms with E-state index in [1.165, 1.54) is 0 Å². The molecule has 0 saturated heterocycles. The van der Waals surface area contributed by atoms with Crippen molar-refractivity contribution >= 4 is 5.91 Å². The Bertz CT molecular complexity index is 419. The summed E-state index contributed by atoms with van der Waals surface area (Å²) in [7, 11) is 3.74. The molecule has 20 heavy (non-hydrogen) atoms. The van der Waals surface area contributed by atoms with Crippen molar-refractivity contribution in [3.05, 3.63) is 35.4 Å². The number of carbonyl (C=O) groups excluding carboxylic acids is 1. The zero-order valence-corrected chi connectivity index (χ0v) is 13.0. The first kappa shape index (κ1) is 16.7. The second-order valence-electron chi connectivity index (χ2n) is 5.16.